The molecule has 62 valence electrons. The molecular formula is C8H12O3. The lowest BCUT2D eigenvalue weighted by atomic mass is 9.93. The van der Waals surface area contributed by atoms with Crippen molar-refractivity contribution in [1.82, 2.24) is 0 Å². The minimum Gasteiger partial charge on any atom is -0.456 e. The third-order valence-electron chi connectivity index (χ3n) is 2.70. The van der Waals surface area contributed by atoms with E-state index in [1.54, 1.807) is 0 Å². The summed E-state index contributed by atoms with van der Waals surface area (Å²) >= 11 is 0. The molecule has 0 saturated carbocycles. The minimum atomic E-state index is -0.253. The molecule has 0 bridgehead atoms. The Morgan fingerprint density at radius 3 is 2.82 bits per heavy atom. The van der Waals surface area contributed by atoms with Crippen LogP contribution in [0.5, 0.6) is 0 Å². The van der Waals surface area contributed by atoms with Gasteiger partial charge in [0.2, 0.25) is 0 Å². The summed E-state index contributed by atoms with van der Waals surface area (Å²) in [6.45, 7) is 2.71. The second-order valence-electron chi connectivity index (χ2n) is 3.30. The van der Waals surface area contributed by atoms with Gasteiger partial charge in [-0.25, -0.2) is 0 Å². The van der Waals surface area contributed by atoms with Crippen molar-refractivity contribution >= 4 is 5.97 Å². The molecule has 0 N–H and O–H groups in total. The van der Waals surface area contributed by atoms with Gasteiger partial charge in [0.15, 0.2) is 0 Å². The Labute approximate surface area is 65.7 Å². The molecule has 0 aromatic rings. The molecular weight excluding hydrogens is 144 g/mol. The third-order valence-corrected chi connectivity index (χ3v) is 2.70. The summed E-state index contributed by atoms with van der Waals surface area (Å²) < 4.78 is 10.6. The number of carbonyl (C=O) groups is 1. The molecule has 0 amide bonds. The van der Waals surface area contributed by atoms with Gasteiger partial charge in [0.1, 0.15) is 5.60 Å². The quantitative estimate of drug-likeness (QED) is 0.488. The molecule has 2 heterocycles. The number of esters is 1. The highest BCUT2D eigenvalue weighted by atomic mass is 16.6. The van der Waals surface area contributed by atoms with Gasteiger partial charge < -0.3 is 9.47 Å². The standard InChI is InChI=1S/C8H12O3/c1-6-8(4-5-10-6)3-2-7(9)11-8/h6H,2-5H2,1H3. The number of hydrogen-bond donors (Lipinski definition) is 0. The zero-order valence-electron chi connectivity index (χ0n) is 6.63. The number of rotatable bonds is 0. The Balaban J connectivity index is 2.16. The van der Waals surface area contributed by atoms with Gasteiger partial charge in [0.25, 0.3) is 0 Å². The van der Waals surface area contributed by atoms with E-state index in [2.05, 4.69) is 0 Å². The largest absolute Gasteiger partial charge is 0.456 e. The fourth-order valence-corrected chi connectivity index (χ4v) is 1.87. The van der Waals surface area contributed by atoms with E-state index in [0.29, 0.717) is 6.42 Å². The minimum absolute atomic E-state index is 0.0673. The first kappa shape index (κ1) is 7.10. The van der Waals surface area contributed by atoms with Crippen LogP contribution in [-0.4, -0.2) is 24.3 Å². The van der Waals surface area contributed by atoms with E-state index in [-0.39, 0.29) is 17.7 Å². The van der Waals surface area contributed by atoms with Crippen molar-refractivity contribution in [3.05, 3.63) is 0 Å². The van der Waals surface area contributed by atoms with Gasteiger partial charge in [-0.3, -0.25) is 4.79 Å². The monoisotopic (exact) mass is 156 g/mol. The summed E-state index contributed by atoms with van der Waals surface area (Å²) in [4.78, 5) is 10.9. The second kappa shape index (κ2) is 2.21. The second-order valence-corrected chi connectivity index (χ2v) is 3.30. The first-order chi connectivity index (χ1) is 5.23. The van der Waals surface area contributed by atoms with Crippen molar-refractivity contribution in [2.45, 2.75) is 37.9 Å². The zero-order valence-corrected chi connectivity index (χ0v) is 6.63. The highest BCUT2D eigenvalue weighted by molar-refractivity contribution is 5.72. The first-order valence-corrected chi connectivity index (χ1v) is 4.06. The molecule has 2 aliphatic rings. The van der Waals surface area contributed by atoms with Crippen LogP contribution in [0.15, 0.2) is 0 Å². The molecule has 2 fully saturated rings. The van der Waals surface area contributed by atoms with Crippen LogP contribution < -0.4 is 0 Å². The van der Waals surface area contributed by atoms with E-state index < -0.39 is 0 Å². The summed E-state index contributed by atoms with van der Waals surface area (Å²) in [5.74, 6) is -0.0673. The molecule has 3 heteroatoms. The van der Waals surface area contributed by atoms with Crippen molar-refractivity contribution in [3.8, 4) is 0 Å². The molecule has 2 aliphatic heterocycles. The van der Waals surface area contributed by atoms with Crippen LogP contribution in [0.1, 0.15) is 26.2 Å². The van der Waals surface area contributed by atoms with E-state index in [0.717, 1.165) is 19.4 Å². The molecule has 11 heavy (non-hydrogen) atoms. The van der Waals surface area contributed by atoms with Crippen LogP contribution in [0.2, 0.25) is 0 Å². The van der Waals surface area contributed by atoms with Crippen LogP contribution in [0.4, 0.5) is 0 Å². The normalized spacial score (nSPS) is 43.4. The summed E-state index contributed by atoms with van der Waals surface area (Å²) in [5.41, 5.74) is -0.253. The molecule has 2 saturated heterocycles. The predicted molar refractivity (Wildman–Crippen MR) is 38.1 cm³/mol. The first-order valence-electron chi connectivity index (χ1n) is 4.06. The summed E-state index contributed by atoms with van der Waals surface area (Å²) in [7, 11) is 0. The summed E-state index contributed by atoms with van der Waals surface area (Å²) in [5, 5.41) is 0. The van der Waals surface area contributed by atoms with Gasteiger partial charge in [-0.1, -0.05) is 0 Å². The van der Waals surface area contributed by atoms with Gasteiger partial charge in [-0.05, 0) is 6.92 Å². The van der Waals surface area contributed by atoms with Crippen molar-refractivity contribution < 1.29 is 14.3 Å². The third kappa shape index (κ3) is 0.948. The Bertz CT molecular complexity index is 190. The molecule has 3 nitrogen and oxygen atoms in total. The lowest BCUT2D eigenvalue weighted by Crippen LogP contribution is -2.35. The lowest BCUT2D eigenvalue weighted by Gasteiger charge is -2.24. The van der Waals surface area contributed by atoms with E-state index >= 15 is 0 Å². The molecule has 0 aromatic heterocycles. The van der Waals surface area contributed by atoms with Gasteiger partial charge >= 0.3 is 5.97 Å². The Kier molecular flexibility index (Phi) is 1.42. The maximum atomic E-state index is 10.9. The van der Waals surface area contributed by atoms with E-state index in [9.17, 15) is 4.79 Å². The predicted octanol–water partition coefficient (Wildman–Crippen LogP) is 0.871. The average Bonchev–Trinajstić information content (AvgIpc) is 2.46. The van der Waals surface area contributed by atoms with Gasteiger partial charge in [-0.2, -0.15) is 0 Å². The smallest absolute Gasteiger partial charge is 0.306 e. The molecule has 1 spiro atoms. The van der Waals surface area contributed by atoms with Crippen LogP contribution in [-0.2, 0) is 14.3 Å². The zero-order chi connectivity index (χ0) is 7.90. The van der Waals surface area contributed by atoms with Crippen LogP contribution in [0, 0.1) is 0 Å². The molecule has 2 atom stereocenters. The Morgan fingerprint density at radius 1 is 1.55 bits per heavy atom. The van der Waals surface area contributed by atoms with Crippen molar-refractivity contribution in [1.29, 1.82) is 0 Å². The van der Waals surface area contributed by atoms with E-state index in [4.69, 9.17) is 9.47 Å². The molecule has 0 aliphatic carbocycles. The number of ether oxygens (including phenoxy) is 2. The average molecular weight is 156 g/mol. The maximum absolute atomic E-state index is 10.9. The van der Waals surface area contributed by atoms with Crippen LogP contribution >= 0.6 is 0 Å². The van der Waals surface area contributed by atoms with E-state index in [1.165, 1.54) is 0 Å². The van der Waals surface area contributed by atoms with Crippen LogP contribution in [0.25, 0.3) is 0 Å². The lowest BCUT2D eigenvalue weighted by molar-refractivity contribution is -0.151. The van der Waals surface area contributed by atoms with Gasteiger partial charge in [-0.15, -0.1) is 0 Å². The van der Waals surface area contributed by atoms with E-state index in [1.807, 2.05) is 6.92 Å². The van der Waals surface area contributed by atoms with Gasteiger partial charge in [0, 0.05) is 19.3 Å². The molecule has 0 aromatic carbocycles. The van der Waals surface area contributed by atoms with Crippen LogP contribution in [0.3, 0.4) is 0 Å². The molecule has 2 unspecified atom stereocenters. The molecule has 2 rings (SSSR count). The topological polar surface area (TPSA) is 35.5 Å². The van der Waals surface area contributed by atoms with Crippen molar-refractivity contribution in [2.24, 2.45) is 0 Å². The SMILES string of the molecule is CC1OCCC12CCC(=O)O2. The van der Waals surface area contributed by atoms with Gasteiger partial charge in [0.05, 0.1) is 12.7 Å². The Morgan fingerprint density at radius 2 is 2.36 bits per heavy atom. The number of hydrogen-bond acceptors (Lipinski definition) is 3. The number of carbonyl (C=O) groups excluding carboxylic acids is 1. The fourth-order valence-electron chi connectivity index (χ4n) is 1.87. The van der Waals surface area contributed by atoms with Crippen molar-refractivity contribution in [3.63, 3.8) is 0 Å². The van der Waals surface area contributed by atoms with Crippen molar-refractivity contribution in [2.75, 3.05) is 6.61 Å². The molecule has 0 radical (unpaired) electrons. The summed E-state index contributed by atoms with van der Waals surface area (Å²) in [6, 6.07) is 0. The Hall–Kier alpha value is -0.570. The highest BCUT2D eigenvalue weighted by Crippen LogP contribution is 2.38. The maximum Gasteiger partial charge on any atom is 0.306 e. The summed E-state index contributed by atoms with van der Waals surface area (Å²) in [6.07, 6.45) is 2.37. The highest BCUT2D eigenvalue weighted by Gasteiger charge is 2.48. The fraction of sp³-hybridized carbons (Fsp3) is 0.875.